The highest BCUT2D eigenvalue weighted by atomic mass is 15.0. The number of benzene rings is 1. The maximum absolute atomic E-state index is 4.63. The molecule has 19 heavy (non-hydrogen) atoms. The van der Waals surface area contributed by atoms with Gasteiger partial charge in [-0.15, -0.1) is 0 Å². The van der Waals surface area contributed by atoms with Crippen LogP contribution in [0.3, 0.4) is 0 Å². The third kappa shape index (κ3) is 3.86. The monoisotopic (exact) mass is 255 g/mol. The highest BCUT2D eigenvalue weighted by molar-refractivity contribution is 5.59. The zero-order valence-electron chi connectivity index (χ0n) is 12.1. The number of aromatic nitrogens is 2. The standard InChI is InChI=1S/C16H21N3/c1-11(2)17-10-16-18-13(4)9-15(19-16)14-7-5-12(3)6-8-14/h5-9,11,17H,10H2,1-4H3. The zero-order chi connectivity index (χ0) is 13.8. The number of aryl methyl sites for hydroxylation is 2. The van der Waals surface area contributed by atoms with E-state index in [4.69, 9.17) is 0 Å². The van der Waals surface area contributed by atoms with Crippen LogP contribution in [0.25, 0.3) is 11.3 Å². The predicted molar refractivity (Wildman–Crippen MR) is 78.9 cm³/mol. The lowest BCUT2D eigenvalue weighted by Gasteiger charge is -2.09. The molecular formula is C16H21N3. The van der Waals surface area contributed by atoms with Crippen molar-refractivity contribution in [3.8, 4) is 11.3 Å². The predicted octanol–water partition coefficient (Wildman–Crippen LogP) is 3.26. The molecule has 0 unspecified atom stereocenters. The average Bonchev–Trinajstić information content (AvgIpc) is 2.36. The summed E-state index contributed by atoms with van der Waals surface area (Å²) >= 11 is 0. The van der Waals surface area contributed by atoms with E-state index in [2.05, 4.69) is 60.3 Å². The van der Waals surface area contributed by atoms with Gasteiger partial charge in [-0.3, -0.25) is 0 Å². The molecule has 0 saturated heterocycles. The lowest BCUT2D eigenvalue weighted by atomic mass is 10.1. The van der Waals surface area contributed by atoms with Gasteiger partial charge < -0.3 is 5.32 Å². The van der Waals surface area contributed by atoms with Gasteiger partial charge in [0.25, 0.3) is 0 Å². The summed E-state index contributed by atoms with van der Waals surface area (Å²) in [6.45, 7) is 9.05. The van der Waals surface area contributed by atoms with Gasteiger partial charge in [0.2, 0.25) is 0 Å². The van der Waals surface area contributed by atoms with E-state index in [1.807, 2.05) is 13.0 Å². The normalized spacial score (nSPS) is 11.0. The maximum atomic E-state index is 4.63. The molecule has 1 heterocycles. The van der Waals surface area contributed by atoms with Crippen molar-refractivity contribution in [1.82, 2.24) is 15.3 Å². The Morgan fingerprint density at radius 3 is 2.37 bits per heavy atom. The quantitative estimate of drug-likeness (QED) is 0.911. The van der Waals surface area contributed by atoms with E-state index in [1.54, 1.807) is 0 Å². The second-order valence-electron chi connectivity index (χ2n) is 5.21. The van der Waals surface area contributed by atoms with Crippen LogP contribution in [0.15, 0.2) is 30.3 Å². The summed E-state index contributed by atoms with van der Waals surface area (Å²) in [6, 6.07) is 10.9. The Morgan fingerprint density at radius 1 is 1.05 bits per heavy atom. The second kappa shape index (κ2) is 5.93. The topological polar surface area (TPSA) is 37.8 Å². The number of hydrogen-bond acceptors (Lipinski definition) is 3. The molecule has 0 spiro atoms. The first-order valence-electron chi connectivity index (χ1n) is 6.69. The van der Waals surface area contributed by atoms with Crippen molar-refractivity contribution in [1.29, 1.82) is 0 Å². The van der Waals surface area contributed by atoms with Crippen LogP contribution in [0.2, 0.25) is 0 Å². The first-order valence-corrected chi connectivity index (χ1v) is 6.69. The van der Waals surface area contributed by atoms with E-state index in [9.17, 15) is 0 Å². The molecule has 2 aromatic rings. The number of hydrogen-bond donors (Lipinski definition) is 1. The molecule has 0 atom stereocenters. The smallest absolute Gasteiger partial charge is 0.143 e. The number of nitrogens with one attached hydrogen (secondary N) is 1. The van der Waals surface area contributed by atoms with E-state index in [-0.39, 0.29) is 0 Å². The van der Waals surface area contributed by atoms with Gasteiger partial charge in [-0.25, -0.2) is 9.97 Å². The molecule has 100 valence electrons. The van der Waals surface area contributed by atoms with Crippen LogP contribution in [-0.2, 0) is 6.54 Å². The molecule has 0 aliphatic rings. The van der Waals surface area contributed by atoms with Gasteiger partial charge in [0.05, 0.1) is 12.2 Å². The van der Waals surface area contributed by atoms with Crippen molar-refractivity contribution < 1.29 is 0 Å². The molecule has 0 amide bonds. The Labute approximate surface area is 115 Å². The molecule has 3 heteroatoms. The summed E-state index contributed by atoms with van der Waals surface area (Å²) in [4.78, 5) is 9.11. The van der Waals surface area contributed by atoms with Crippen molar-refractivity contribution in [3.05, 3.63) is 47.4 Å². The first kappa shape index (κ1) is 13.7. The SMILES string of the molecule is Cc1ccc(-c2cc(C)nc(CNC(C)C)n2)cc1. The van der Waals surface area contributed by atoms with Gasteiger partial charge in [0, 0.05) is 17.3 Å². The molecule has 1 aromatic heterocycles. The molecule has 0 radical (unpaired) electrons. The van der Waals surface area contributed by atoms with Crippen molar-refractivity contribution in [2.45, 2.75) is 40.3 Å². The fraction of sp³-hybridized carbons (Fsp3) is 0.375. The molecule has 0 aliphatic carbocycles. The summed E-state index contributed by atoms with van der Waals surface area (Å²) in [6.07, 6.45) is 0. The fourth-order valence-electron chi connectivity index (χ4n) is 1.88. The van der Waals surface area contributed by atoms with Crippen LogP contribution >= 0.6 is 0 Å². The van der Waals surface area contributed by atoms with E-state index < -0.39 is 0 Å². The highest BCUT2D eigenvalue weighted by Crippen LogP contribution is 2.18. The highest BCUT2D eigenvalue weighted by Gasteiger charge is 2.05. The second-order valence-corrected chi connectivity index (χ2v) is 5.21. The summed E-state index contributed by atoms with van der Waals surface area (Å²) < 4.78 is 0. The summed E-state index contributed by atoms with van der Waals surface area (Å²) in [5, 5.41) is 3.35. The Bertz CT molecular complexity index is 544. The van der Waals surface area contributed by atoms with Crippen molar-refractivity contribution >= 4 is 0 Å². The first-order chi connectivity index (χ1) is 9.04. The maximum Gasteiger partial charge on any atom is 0.143 e. The van der Waals surface area contributed by atoms with Gasteiger partial charge in [0.1, 0.15) is 5.82 Å². The third-order valence-electron chi connectivity index (χ3n) is 2.92. The molecule has 1 aromatic carbocycles. The number of rotatable bonds is 4. The van der Waals surface area contributed by atoms with Gasteiger partial charge >= 0.3 is 0 Å². The van der Waals surface area contributed by atoms with Gasteiger partial charge in [-0.1, -0.05) is 43.7 Å². The summed E-state index contributed by atoms with van der Waals surface area (Å²) in [5.74, 6) is 0.851. The fourth-order valence-corrected chi connectivity index (χ4v) is 1.88. The van der Waals surface area contributed by atoms with E-state index in [0.717, 1.165) is 22.8 Å². The average molecular weight is 255 g/mol. The third-order valence-corrected chi connectivity index (χ3v) is 2.92. The lowest BCUT2D eigenvalue weighted by Crippen LogP contribution is -2.23. The molecule has 0 saturated carbocycles. The Hall–Kier alpha value is -1.74. The minimum absolute atomic E-state index is 0.437. The van der Waals surface area contributed by atoms with Gasteiger partial charge in [0.15, 0.2) is 0 Å². The zero-order valence-corrected chi connectivity index (χ0v) is 12.1. The Kier molecular flexibility index (Phi) is 4.27. The van der Waals surface area contributed by atoms with Crippen molar-refractivity contribution in [3.63, 3.8) is 0 Å². The van der Waals surface area contributed by atoms with Crippen LogP contribution in [0.1, 0.15) is 30.9 Å². The van der Waals surface area contributed by atoms with Crippen LogP contribution in [0, 0.1) is 13.8 Å². The molecule has 0 bridgehead atoms. The molecule has 1 N–H and O–H groups in total. The van der Waals surface area contributed by atoms with Crippen LogP contribution in [0.5, 0.6) is 0 Å². The van der Waals surface area contributed by atoms with Gasteiger partial charge in [-0.2, -0.15) is 0 Å². The molecule has 2 rings (SSSR count). The van der Waals surface area contributed by atoms with E-state index >= 15 is 0 Å². The van der Waals surface area contributed by atoms with Crippen LogP contribution in [0.4, 0.5) is 0 Å². The minimum atomic E-state index is 0.437. The lowest BCUT2D eigenvalue weighted by molar-refractivity contribution is 0.571. The van der Waals surface area contributed by atoms with Crippen molar-refractivity contribution in [2.24, 2.45) is 0 Å². The van der Waals surface area contributed by atoms with Crippen molar-refractivity contribution in [2.75, 3.05) is 0 Å². The Balaban J connectivity index is 2.28. The summed E-state index contributed by atoms with van der Waals surface area (Å²) in [5.41, 5.74) is 4.40. The molecule has 0 fully saturated rings. The van der Waals surface area contributed by atoms with Gasteiger partial charge in [-0.05, 0) is 19.9 Å². The largest absolute Gasteiger partial charge is 0.308 e. The molecular weight excluding hydrogens is 234 g/mol. The minimum Gasteiger partial charge on any atom is -0.308 e. The summed E-state index contributed by atoms with van der Waals surface area (Å²) in [7, 11) is 0. The molecule has 3 nitrogen and oxygen atoms in total. The Morgan fingerprint density at radius 2 is 1.74 bits per heavy atom. The number of nitrogens with zero attached hydrogens (tertiary/aromatic N) is 2. The molecule has 0 aliphatic heterocycles. The van der Waals surface area contributed by atoms with Crippen LogP contribution < -0.4 is 5.32 Å². The van der Waals surface area contributed by atoms with Crippen LogP contribution in [-0.4, -0.2) is 16.0 Å². The van der Waals surface area contributed by atoms with E-state index in [0.29, 0.717) is 12.6 Å². The van der Waals surface area contributed by atoms with E-state index in [1.165, 1.54) is 5.56 Å².